The highest BCUT2D eigenvalue weighted by Crippen LogP contribution is 2.18. The van der Waals surface area contributed by atoms with E-state index in [9.17, 15) is 14.9 Å². The number of non-ortho nitro benzene ring substituents is 1. The van der Waals surface area contributed by atoms with Crippen molar-refractivity contribution in [2.24, 2.45) is 10.7 Å². The van der Waals surface area contributed by atoms with Gasteiger partial charge in [0.25, 0.3) is 11.6 Å². The summed E-state index contributed by atoms with van der Waals surface area (Å²) >= 11 is 0. The molecule has 1 aromatic heterocycles. The van der Waals surface area contributed by atoms with Crippen molar-refractivity contribution in [3.63, 3.8) is 0 Å². The predicted molar refractivity (Wildman–Crippen MR) is 101 cm³/mol. The molecule has 1 heterocycles. The van der Waals surface area contributed by atoms with Gasteiger partial charge in [0.1, 0.15) is 0 Å². The first kappa shape index (κ1) is 18.9. The third kappa shape index (κ3) is 4.17. The molecule has 0 unspecified atom stereocenters. The molecule has 2 aromatic carbocycles. The minimum absolute atomic E-state index is 0. The van der Waals surface area contributed by atoms with Gasteiger partial charge in [0.2, 0.25) is 0 Å². The number of hydrogen-bond acceptors (Lipinski definition) is 3. The molecule has 26 heavy (non-hydrogen) atoms. The molecule has 0 spiro atoms. The number of nitro groups is 1. The van der Waals surface area contributed by atoms with E-state index in [0.29, 0.717) is 12.1 Å². The van der Waals surface area contributed by atoms with Gasteiger partial charge in [0, 0.05) is 35.8 Å². The number of carbonyl (C=O) groups excluding carboxylic acids is 1. The van der Waals surface area contributed by atoms with E-state index in [1.165, 1.54) is 12.1 Å². The summed E-state index contributed by atoms with van der Waals surface area (Å²) in [5.74, 6) is -0.472. The van der Waals surface area contributed by atoms with Gasteiger partial charge in [0.05, 0.1) is 10.5 Å². The second-order valence-corrected chi connectivity index (χ2v) is 5.33. The zero-order valence-corrected chi connectivity index (χ0v) is 14.3. The molecule has 0 saturated carbocycles. The lowest BCUT2D eigenvalue weighted by Crippen LogP contribution is -2.32. The van der Waals surface area contributed by atoms with Crippen LogP contribution < -0.4 is 11.1 Å². The van der Waals surface area contributed by atoms with E-state index >= 15 is 0 Å². The predicted octanol–water partition coefficient (Wildman–Crippen LogP) is 2.74. The minimum Gasteiger partial charge on any atom is -0.370 e. The zero-order valence-electron chi connectivity index (χ0n) is 13.5. The molecular formula is C17H16ClN5O3. The number of aliphatic imine (C=N–C) groups is 1. The number of para-hydroxylation sites is 1. The van der Waals surface area contributed by atoms with Crippen molar-refractivity contribution in [3.8, 4) is 0 Å². The molecule has 3 rings (SSSR count). The van der Waals surface area contributed by atoms with E-state index in [2.05, 4.69) is 15.3 Å². The molecule has 0 bridgehead atoms. The Kier molecular flexibility index (Phi) is 5.92. The Morgan fingerprint density at radius 2 is 1.88 bits per heavy atom. The highest BCUT2D eigenvalue weighted by atomic mass is 35.5. The second-order valence-electron chi connectivity index (χ2n) is 5.33. The van der Waals surface area contributed by atoms with E-state index < -0.39 is 10.8 Å². The number of amides is 1. The molecule has 0 aliphatic carbocycles. The van der Waals surface area contributed by atoms with Crippen LogP contribution in [-0.4, -0.2) is 21.8 Å². The maximum atomic E-state index is 12.3. The third-order valence-electron chi connectivity index (χ3n) is 3.66. The van der Waals surface area contributed by atoms with Gasteiger partial charge < -0.3 is 16.0 Å². The van der Waals surface area contributed by atoms with Crippen molar-refractivity contribution >= 4 is 40.9 Å². The van der Waals surface area contributed by atoms with Gasteiger partial charge in [-0.05, 0) is 11.6 Å². The lowest BCUT2D eigenvalue weighted by molar-refractivity contribution is -0.384. The molecule has 0 aliphatic heterocycles. The Bertz CT molecular complexity index is 966. The van der Waals surface area contributed by atoms with Crippen molar-refractivity contribution in [2.75, 3.05) is 0 Å². The summed E-state index contributed by atoms with van der Waals surface area (Å²) in [6, 6.07) is 13.4. The standard InChI is InChI=1S/C17H15N5O3.ClH/c18-17(20-9-11-5-7-12(8-6-11)22(24)25)21-16(23)14-10-19-15-4-2-1-3-13(14)15;/h1-8,10,19H,9H2,(H3,18,20,21,23);1H. The number of nitrogens with two attached hydrogens (primary N) is 1. The summed E-state index contributed by atoms with van der Waals surface area (Å²) in [6.45, 7) is 0.300. The molecule has 0 saturated heterocycles. The molecule has 8 nitrogen and oxygen atoms in total. The van der Waals surface area contributed by atoms with Crippen LogP contribution in [0.25, 0.3) is 10.9 Å². The lowest BCUT2D eigenvalue weighted by atomic mass is 10.2. The Morgan fingerprint density at radius 3 is 2.58 bits per heavy atom. The van der Waals surface area contributed by atoms with E-state index in [4.69, 9.17) is 5.73 Å². The molecule has 0 fully saturated rings. The van der Waals surface area contributed by atoms with Crippen LogP contribution in [0.5, 0.6) is 0 Å². The maximum Gasteiger partial charge on any atom is 0.282 e. The molecule has 1 amide bonds. The molecule has 0 radical (unpaired) electrons. The number of aromatic amines is 1. The topological polar surface area (TPSA) is 126 Å². The maximum absolute atomic E-state index is 12.3. The summed E-state index contributed by atoms with van der Waals surface area (Å²) < 4.78 is 0. The lowest BCUT2D eigenvalue weighted by Gasteiger charge is -2.05. The van der Waals surface area contributed by atoms with Crippen LogP contribution in [0.4, 0.5) is 5.69 Å². The van der Waals surface area contributed by atoms with Gasteiger partial charge in [0.15, 0.2) is 5.96 Å². The summed E-state index contributed by atoms with van der Waals surface area (Å²) in [7, 11) is 0. The number of fused-ring (bicyclic) bond motifs is 1. The van der Waals surface area contributed by atoms with Crippen molar-refractivity contribution < 1.29 is 9.72 Å². The van der Waals surface area contributed by atoms with Crippen molar-refractivity contribution in [1.82, 2.24) is 10.3 Å². The summed E-state index contributed by atoms with van der Waals surface area (Å²) in [6.07, 6.45) is 1.60. The number of nitrogens with one attached hydrogen (secondary N) is 2. The number of benzene rings is 2. The normalized spacial score (nSPS) is 11.0. The largest absolute Gasteiger partial charge is 0.370 e. The third-order valence-corrected chi connectivity index (χ3v) is 3.66. The molecule has 9 heteroatoms. The summed E-state index contributed by atoms with van der Waals surface area (Å²) in [4.78, 5) is 29.3. The van der Waals surface area contributed by atoms with Crippen molar-refractivity contribution in [1.29, 1.82) is 0 Å². The van der Waals surface area contributed by atoms with Gasteiger partial charge in [-0.2, -0.15) is 4.99 Å². The fraction of sp³-hybridized carbons (Fsp3) is 0.0588. The van der Waals surface area contributed by atoms with Crippen LogP contribution in [-0.2, 0) is 6.54 Å². The van der Waals surface area contributed by atoms with Gasteiger partial charge in [-0.15, -0.1) is 12.4 Å². The molecule has 0 atom stereocenters. The smallest absolute Gasteiger partial charge is 0.282 e. The number of rotatable bonds is 4. The molecular weight excluding hydrogens is 358 g/mol. The van der Waals surface area contributed by atoms with Crippen molar-refractivity contribution in [2.45, 2.75) is 6.54 Å². The fourth-order valence-corrected chi connectivity index (χ4v) is 2.39. The first-order valence-electron chi connectivity index (χ1n) is 7.46. The monoisotopic (exact) mass is 373 g/mol. The highest BCUT2D eigenvalue weighted by molar-refractivity contribution is 6.10. The SMILES string of the molecule is Cl.NC(=NC(=O)c1c[nH]c2ccccc12)NCc1ccc([N+](=O)[O-])cc1. The van der Waals surface area contributed by atoms with E-state index in [0.717, 1.165) is 16.5 Å². The van der Waals surface area contributed by atoms with E-state index in [1.807, 2.05) is 24.3 Å². The van der Waals surface area contributed by atoms with E-state index in [-0.39, 0.29) is 24.1 Å². The first-order chi connectivity index (χ1) is 12.0. The Balaban J connectivity index is 0.00000243. The number of nitrogens with zero attached hydrogens (tertiary/aromatic N) is 2. The van der Waals surface area contributed by atoms with Crippen LogP contribution in [0.15, 0.2) is 59.7 Å². The van der Waals surface area contributed by atoms with E-state index in [1.54, 1.807) is 18.3 Å². The summed E-state index contributed by atoms with van der Waals surface area (Å²) in [5.41, 5.74) is 7.83. The van der Waals surface area contributed by atoms with Gasteiger partial charge in [-0.3, -0.25) is 14.9 Å². The molecule has 134 valence electrons. The molecule has 4 N–H and O–H groups in total. The number of halogens is 1. The summed E-state index contributed by atoms with van der Waals surface area (Å²) in [5, 5.41) is 14.2. The average Bonchev–Trinajstić information content (AvgIpc) is 3.04. The van der Waals surface area contributed by atoms with Crippen LogP contribution in [0.1, 0.15) is 15.9 Å². The van der Waals surface area contributed by atoms with Crippen LogP contribution in [0, 0.1) is 10.1 Å². The molecule has 3 aromatic rings. The first-order valence-corrected chi connectivity index (χ1v) is 7.46. The number of H-pyrrole nitrogens is 1. The van der Waals surface area contributed by atoms with Crippen LogP contribution in [0.3, 0.4) is 0 Å². The van der Waals surface area contributed by atoms with Gasteiger partial charge in [-0.1, -0.05) is 30.3 Å². The number of carbonyl (C=O) groups is 1. The zero-order chi connectivity index (χ0) is 17.8. The Hall–Kier alpha value is -3.39. The van der Waals surface area contributed by atoms with Crippen molar-refractivity contribution in [3.05, 3.63) is 76.0 Å². The Morgan fingerprint density at radius 1 is 1.19 bits per heavy atom. The number of hydrogen-bond donors (Lipinski definition) is 3. The quantitative estimate of drug-likeness (QED) is 0.280. The van der Waals surface area contributed by atoms with Crippen LogP contribution >= 0.6 is 12.4 Å². The highest BCUT2D eigenvalue weighted by Gasteiger charge is 2.11. The Labute approximate surface area is 154 Å². The second kappa shape index (κ2) is 8.13. The van der Waals surface area contributed by atoms with Crippen LogP contribution in [0.2, 0.25) is 0 Å². The average molecular weight is 374 g/mol. The van der Waals surface area contributed by atoms with Gasteiger partial charge >= 0.3 is 0 Å². The molecule has 0 aliphatic rings. The minimum atomic E-state index is -0.465. The number of nitro benzene ring substituents is 1. The number of aromatic nitrogens is 1. The number of guanidine groups is 1. The fourth-order valence-electron chi connectivity index (χ4n) is 2.39. The van der Waals surface area contributed by atoms with Gasteiger partial charge in [-0.25, -0.2) is 0 Å².